The fourth-order valence-electron chi connectivity index (χ4n) is 1.22. The fourth-order valence-corrected chi connectivity index (χ4v) is 1.22. The molecule has 0 aromatic rings. The number of nitrogens with one attached hydrogen (secondary N) is 1. The zero-order chi connectivity index (χ0) is 13.8. The van der Waals surface area contributed by atoms with Crippen molar-refractivity contribution in [3.05, 3.63) is 0 Å². The monoisotopic (exact) mass is 245 g/mol. The van der Waals surface area contributed by atoms with Crippen molar-refractivity contribution in [2.24, 2.45) is 11.3 Å². The summed E-state index contributed by atoms with van der Waals surface area (Å²) in [4.78, 5) is 33.2. The summed E-state index contributed by atoms with van der Waals surface area (Å²) in [6, 6.07) is -0.993. The van der Waals surface area contributed by atoms with Crippen LogP contribution in [0.2, 0.25) is 0 Å². The van der Waals surface area contributed by atoms with Crippen molar-refractivity contribution in [2.45, 2.75) is 40.2 Å². The molecule has 6 heteroatoms. The lowest BCUT2D eigenvalue weighted by Crippen LogP contribution is -2.46. The van der Waals surface area contributed by atoms with Gasteiger partial charge in [0.2, 0.25) is 5.91 Å². The second kappa shape index (κ2) is 5.65. The quantitative estimate of drug-likeness (QED) is 0.639. The number of rotatable bonds is 6. The SMILES string of the molecule is CC(C)C(NC(=O)CC(C)(C)C(=O)O)C(=O)O. The molecule has 0 rings (SSSR count). The van der Waals surface area contributed by atoms with Crippen molar-refractivity contribution >= 4 is 17.8 Å². The Labute approximate surface area is 100 Å². The van der Waals surface area contributed by atoms with E-state index in [1.165, 1.54) is 13.8 Å². The topological polar surface area (TPSA) is 104 Å². The minimum Gasteiger partial charge on any atom is -0.481 e. The predicted molar refractivity (Wildman–Crippen MR) is 60.4 cm³/mol. The van der Waals surface area contributed by atoms with Gasteiger partial charge in [0.1, 0.15) is 6.04 Å². The standard InChI is InChI=1S/C11H19NO5/c1-6(2)8(9(14)15)12-7(13)5-11(3,4)10(16)17/h6,8H,5H2,1-4H3,(H,12,13)(H,14,15)(H,16,17). The number of aliphatic carboxylic acids is 2. The number of hydrogen-bond acceptors (Lipinski definition) is 3. The van der Waals surface area contributed by atoms with E-state index >= 15 is 0 Å². The Bertz CT molecular complexity index is 322. The van der Waals surface area contributed by atoms with Crippen LogP contribution in [0.3, 0.4) is 0 Å². The lowest BCUT2D eigenvalue weighted by Gasteiger charge is -2.22. The number of carbonyl (C=O) groups excluding carboxylic acids is 1. The molecule has 0 saturated carbocycles. The lowest BCUT2D eigenvalue weighted by molar-refractivity contribution is -0.150. The summed E-state index contributed by atoms with van der Waals surface area (Å²) < 4.78 is 0. The van der Waals surface area contributed by atoms with Gasteiger partial charge in [-0.15, -0.1) is 0 Å². The van der Waals surface area contributed by atoms with Gasteiger partial charge in [-0.1, -0.05) is 13.8 Å². The summed E-state index contributed by atoms with van der Waals surface area (Å²) in [6.45, 7) is 6.17. The van der Waals surface area contributed by atoms with Crippen LogP contribution < -0.4 is 5.32 Å². The summed E-state index contributed by atoms with van der Waals surface area (Å²) >= 11 is 0. The Balaban J connectivity index is 4.55. The van der Waals surface area contributed by atoms with E-state index in [4.69, 9.17) is 10.2 Å². The van der Waals surface area contributed by atoms with Crippen molar-refractivity contribution < 1.29 is 24.6 Å². The number of carbonyl (C=O) groups is 3. The van der Waals surface area contributed by atoms with Gasteiger partial charge < -0.3 is 15.5 Å². The van der Waals surface area contributed by atoms with E-state index in [2.05, 4.69) is 5.32 Å². The average Bonchev–Trinajstić information content (AvgIpc) is 2.12. The van der Waals surface area contributed by atoms with Crippen molar-refractivity contribution in [3.8, 4) is 0 Å². The third-order valence-electron chi connectivity index (χ3n) is 2.43. The molecule has 17 heavy (non-hydrogen) atoms. The lowest BCUT2D eigenvalue weighted by atomic mass is 9.89. The van der Waals surface area contributed by atoms with Gasteiger partial charge in [0, 0.05) is 6.42 Å². The Morgan fingerprint density at radius 3 is 1.94 bits per heavy atom. The largest absolute Gasteiger partial charge is 0.481 e. The van der Waals surface area contributed by atoms with Gasteiger partial charge in [-0.05, 0) is 19.8 Å². The molecule has 0 aliphatic carbocycles. The van der Waals surface area contributed by atoms with Crippen molar-refractivity contribution in [1.29, 1.82) is 0 Å². The fraction of sp³-hybridized carbons (Fsp3) is 0.727. The van der Waals surface area contributed by atoms with Gasteiger partial charge >= 0.3 is 11.9 Å². The zero-order valence-corrected chi connectivity index (χ0v) is 10.5. The van der Waals surface area contributed by atoms with Crippen LogP contribution in [-0.4, -0.2) is 34.1 Å². The molecule has 0 aromatic carbocycles. The van der Waals surface area contributed by atoms with Crippen LogP contribution in [0.4, 0.5) is 0 Å². The van der Waals surface area contributed by atoms with Gasteiger partial charge in [-0.2, -0.15) is 0 Å². The van der Waals surface area contributed by atoms with Gasteiger partial charge in [-0.25, -0.2) is 4.79 Å². The van der Waals surface area contributed by atoms with E-state index in [1.807, 2.05) is 0 Å². The smallest absolute Gasteiger partial charge is 0.326 e. The summed E-state index contributed by atoms with van der Waals surface area (Å²) in [5, 5.41) is 20.0. The molecule has 0 aliphatic heterocycles. The maximum absolute atomic E-state index is 11.5. The van der Waals surface area contributed by atoms with Crippen LogP contribution in [0.15, 0.2) is 0 Å². The molecule has 1 unspecified atom stereocenters. The first-order valence-corrected chi connectivity index (χ1v) is 5.33. The third-order valence-corrected chi connectivity index (χ3v) is 2.43. The molecule has 0 aliphatic rings. The van der Waals surface area contributed by atoms with Crippen LogP contribution >= 0.6 is 0 Å². The van der Waals surface area contributed by atoms with E-state index in [-0.39, 0.29) is 12.3 Å². The maximum atomic E-state index is 11.5. The van der Waals surface area contributed by atoms with Gasteiger partial charge in [0.25, 0.3) is 0 Å². The normalized spacial score (nSPS) is 13.2. The Hall–Kier alpha value is -1.59. The number of hydrogen-bond donors (Lipinski definition) is 3. The number of carboxylic acids is 2. The van der Waals surface area contributed by atoms with E-state index in [0.717, 1.165) is 0 Å². The second-order valence-electron chi connectivity index (χ2n) is 4.99. The van der Waals surface area contributed by atoms with E-state index in [9.17, 15) is 14.4 Å². The molecule has 1 atom stereocenters. The first-order valence-electron chi connectivity index (χ1n) is 5.33. The minimum atomic E-state index is -1.20. The maximum Gasteiger partial charge on any atom is 0.326 e. The van der Waals surface area contributed by atoms with Gasteiger partial charge in [0.05, 0.1) is 5.41 Å². The molecule has 6 nitrogen and oxygen atoms in total. The molecular formula is C11H19NO5. The molecule has 0 bridgehead atoms. The highest BCUT2D eigenvalue weighted by molar-refractivity contribution is 5.87. The van der Waals surface area contributed by atoms with Crippen molar-refractivity contribution in [3.63, 3.8) is 0 Å². The molecule has 0 saturated heterocycles. The summed E-state index contributed by atoms with van der Waals surface area (Å²) in [7, 11) is 0. The highest BCUT2D eigenvalue weighted by Gasteiger charge is 2.32. The van der Waals surface area contributed by atoms with Crippen LogP contribution in [0, 0.1) is 11.3 Å². The highest BCUT2D eigenvalue weighted by Crippen LogP contribution is 2.20. The van der Waals surface area contributed by atoms with E-state index in [1.54, 1.807) is 13.8 Å². The average molecular weight is 245 g/mol. The zero-order valence-electron chi connectivity index (χ0n) is 10.5. The van der Waals surface area contributed by atoms with Crippen molar-refractivity contribution in [1.82, 2.24) is 5.32 Å². The molecule has 98 valence electrons. The third kappa shape index (κ3) is 4.84. The van der Waals surface area contributed by atoms with E-state index < -0.39 is 29.3 Å². The predicted octanol–water partition coefficient (Wildman–Crippen LogP) is 0.713. The molecule has 0 spiro atoms. The van der Waals surface area contributed by atoms with E-state index in [0.29, 0.717) is 0 Å². The van der Waals surface area contributed by atoms with Crippen LogP contribution in [0.5, 0.6) is 0 Å². The van der Waals surface area contributed by atoms with Gasteiger partial charge in [-0.3, -0.25) is 9.59 Å². The van der Waals surface area contributed by atoms with Crippen molar-refractivity contribution in [2.75, 3.05) is 0 Å². The number of carboxylic acid groups (broad SMARTS) is 2. The van der Waals surface area contributed by atoms with Crippen LogP contribution in [0.25, 0.3) is 0 Å². The minimum absolute atomic E-state index is 0.251. The Kier molecular flexibility index (Phi) is 5.12. The van der Waals surface area contributed by atoms with Crippen LogP contribution in [0.1, 0.15) is 34.1 Å². The first kappa shape index (κ1) is 15.4. The highest BCUT2D eigenvalue weighted by atomic mass is 16.4. The summed E-state index contributed by atoms with van der Waals surface area (Å²) in [5.74, 6) is -3.05. The molecule has 1 amide bonds. The van der Waals surface area contributed by atoms with Crippen LogP contribution in [-0.2, 0) is 14.4 Å². The molecular weight excluding hydrogens is 226 g/mol. The van der Waals surface area contributed by atoms with Gasteiger partial charge in [0.15, 0.2) is 0 Å². The molecule has 0 fully saturated rings. The summed E-state index contributed by atoms with van der Waals surface area (Å²) in [6.07, 6.45) is -0.251. The number of amides is 1. The molecule has 0 heterocycles. The molecule has 3 N–H and O–H groups in total. The molecule has 0 aromatic heterocycles. The molecule has 0 radical (unpaired) electrons. The Morgan fingerprint density at radius 1 is 1.18 bits per heavy atom. The Morgan fingerprint density at radius 2 is 1.65 bits per heavy atom. The first-order chi connectivity index (χ1) is 7.58. The summed E-state index contributed by atoms with van der Waals surface area (Å²) in [5.41, 5.74) is -1.20. The second-order valence-corrected chi connectivity index (χ2v) is 4.99.